The third kappa shape index (κ3) is 5.13. The highest BCUT2D eigenvalue weighted by Gasteiger charge is 2.21. The Bertz CT molecular complexity index is 543. The van der Waals surface area contributed by atoms with E-state index in [4.69, 9.17) is 0 Å². The molecule has 5 nitrogen and oxygen atoms in total. The summed E-state index contributed by atoms with van der Waals surface area (Å²) in [5.74, 6) is 1.95. The number of rotatable bonds is 5. The van der Waals surface area contributed by atoms with Crippen LogP contribution in [0.1, 0.15) is 26.2 Å². The van der Waals surface area contributed by atoms with E-state index in [1.165, 1.54) is 44.6 Å². The van der Waals surface area contributed by atoms with Crippen LogP contribution in [-0.2, 0) is 0 Å². The maximum Gasteiger partial charge on any atom is 0.193 e. The molecular weight excluding hydrogens is 322 g/mol. The molecule has 2 heterocycles. The fourth-order valence-electron chi connectivity index (χ4n) is 4.13. The van der Waals surface area contributed by atoms with Crippen LogP contribution in [0.15, 0.2) is 35.3 Å². The van der Waals surface area contributed by atoms with E-state index in [0.717, 1.165) is 44.6 Å². The lowest BCUT2D eigenvalue weighted by Crippen LogP contribution is -2.52. The Morgan fingerprint density at radius 3 is 2.35 bits per heavy atom. The van der Waals surface area contributed by atoms with Crippen molar-refractivity contribution in [3.8, 4) is 0 Å². The lowest BCUT2D eigenvalue weighted by molar-refractivity contribution is 0.187. The number of aliphatic imine (C=N–C) groups is 1. The monoisotopic (exact) mass is 357 g/mol. The summed E-state index contributed by atoms with van der Waals surface area (Å²) in [6.45, 7) is 11.2. The Balaban J connectivity index is 1.38. The van der Waals surface area contributed by atoms with Gasteiger partial charge in [-0.15, -0.1) is 0 Å². The van der Waals surface area contributed by atoms with Gasteiger partial charge in [0.25, 0.3) is 0 Å². The molecule has 2 aliphatic heterocycles. The summed E-state index contributed by atoms with van der Waals surface area (Å²) in [6, 6.07) is 10.7. The molecule has 2 aliphatic rings. The van der Waals surface area contributed by atoms with Crippen molar-refractivity contribution in [1.82, 2.24) is 15.1 Å². The minimum absolute atomic E-state index is 0.873. The quantitative estimate of drug-likeness (QED) is 0.649. The minimum atomic E-state index is 0.873. The number of guanidine groups is 1. The normalized spacial score (nSPS) is 20.5. The van der Waals surface area contributed by atoms with E-state index in [-0.39, 0.29) is 0 Å². The molecule has 0 aliphatic carbocycles. The molecule has 1 aromatic rings. The van der Waals surface area contributed by atoms with Crippen LogP contribution >= 0.6 is 0 Å². The van der Waals surface area contributed by atoms with E-state index in [0.29, 0.717) is 0 Å². The largest absolute Gasteiger partial charge is 0.368 e. The first kappa shape index (κ1) is 19.0. The number of piperazine rings is 1. The zero-order valence-corrected chi connectivity index (χ0v) is 16.5. The van der Waals surface area contributed by atoms with Gasteiger partial charge in [0.1, 0.15) is 0 Å². The van der Waals surface area contributed by atoms with E-state index < -0.39 is 0 Å². The average molecular weight is 358 g/mol. The second-order valence-electron chi connectivity index (χ2n) is 7.45. The van der Waals surface area contributed by atoms with Crippen molar-refractivity contribution in [2.75, 3.05) is 64.3 Å². The molecule has 5 heteroatoms. The van der Waals surface area contributed by atoms with Gasteiger partial charge in [-0.3, -0.25) is 4.99 Å². The maximum absolute atomic E-state index is 4.52. The van der Waals surface area contributed by atoms with E-state index in [1.807, 2.05) is 7.05 Å². The highest BCUT2D eigenvalue weighted by atomic mass is 15.3. The number of anilines is 1. The number of nitrogens with zero attached hydrogens (tertiary/aromatic N) is 4. The molecular formula is C21H35N5. The second kappa shape index (κ2) is 9.81. The number of nitrogens with one attached hydrogen (secondary N) is 1. The zero-order valence-electron chi connectivity index (χ0n) is 16.5. The zero-order chi connectivity index (χ0) is 18.2. The van der Waals surface area contributed by atoms with Gasteiger partial charge < -0.3 is 20.0 Å². The summed E-state index contributed by atoms with van der Waals surface area (Å²) in [4.78, 5) is 12.0. The Kier molecular flexibility index (Phi) is 7.18. The average Bonchev–Trinajstić information content (AvgIpc) is 2.72. The molecule has 2 fully saturated rings. The van der Waals surface area contributed by atoms with Gasteiger partial charge >= 0.3 is 0 Å². The lowest BCUT2D eigenvalue weighted by Gasteiger charge is -2.38. The number of benzene rings is 1. The molecule has 144 valence electrons. The van der Waals surface area contributed by atoms with Gasteiger partial charge in [-0.05, 0) is 56.9 Å². The molecule has 0 atom stereocenters. The van der Waals surface area contributed by atoms with Crippen LogP contribution in [0.3, 0.4) is 0 Å². The van der Waals surface area contributed by atoms with Crippen LogP contribution in [0.4, 0.5) is 5.69 Å². The smallest absolute Gasteiger partial charge is 0.193 e. The Labute approximate surface area is 159 Å². The molecule has 0 bridgehead atoms. The molecule has 1 N–H and O–H groups in total. The van der Waals surface area contributed by atoms with Crippen molar-refractivity contribution in [3.05, 3.63) is 30.3 Å². The number of piperidine rings is 1. The van der Waals surface area contributed by atoms with Gasteiger partial charge in [0.15, 0.2) is 5.96 Å². The van der Waals surface area contributed by atoms with Gasteiger partial charge in [-0.2, -0.15) is 0 Å². The Morgan fingerprint density at radius 1 is 1.04 bits per heavy atom. The van der Waals surface area contributed by atoms with Crippen molar-refractivity contribution in [2.24, 2.45) is 10.9 Å². The molecule has 0 saturated carbocycles. The molecule has 0 unspecified atom stereocenters. The van der Waals surface area contributed by atoms with Crippen molar-refractivity contribution < 1.29 is 0 Å². The second-order valence-corrected chi connectivity index (χ2v) is 7.45. The first-order valence-electron chi connectivity index (χ1n) is 10.3. The highest BCUT2D eigenvalue weighted by molar-refractivity contribution is 5.80. The molecule has 0 spiro atoms. The number of likely N-dealkylation sites (tertiary alicyclic amines) is 1. The van der Waals surface area contributed by atoms with E-state index >= 15 is 0 Å². The van der Waals surface area contributed by atoms with E-state index in [1.54, 1.807) is 0 Å². The van der Waals surface area contributed by atoms with Gasteiger partial charge in [0, 0.05) is 45.5 Å². The Morgan fingerprint density at radius 2 is 1.73 bits per heavy atom. The maximum atomic E-state index is 4.52. The summed E-state index contributed by atoms with van der Waals surface area (Å²) in [6.07, 6.45) is 3.97. The highest BCUT2D eigenvalue weighted by Crippen LogP contribution is 2.20. The minimum Gasteiger partial charge on any atom is -0.368 e. The summed E-state index contributed by atoms with van der Waals surface area (Å²) >= 11 is 0. The van der Waals surface area contributed by atoms with E-state index in [9.17, 15) is 0 Å². The number of hydrogen-bond donors (Lipinski definition) is 1. The SMILES string of the molecule is CCN1CCC(CCNC(=NC)N2CCN(c3ccccc3)CC2)CC1. The van der Waals surface area contributed by atoms with Crippen LogP contribution in [0, 0.1) is 5.92 Å². The van der Waals surface area contributed by atoms with Gasteiger partial charge in [-0.1, -0.05) is 25.1 Å². The predicted octanol–water partition coefficient (Wildman–Crippen LogP) is 2.51. The number of para-hydroxylation sites is 1. The van der Waals surface area contributed by atoms with E-state index in [2.05, 4.69) is 62.3 Å². The summed E-state index contributed by atoms with van der Waals surface area (Å²) in [7, 11) is 1.91. The molecule has 2 saturated heterocycles. The topological polar surface area (TPSA) is 34.1 Å². The summed E-state index contributed by atoms with van der Waals surface area (Å²) in [5, 5.41) is 3.61. The first-order chi connectivity index (χ1) is 12.8. The van der Waals surface area contributed by atoms with Crippen molar-refractivity contribution in [2.45, 2.75) is 26.2 Å². The molecule has 0 amide bonds. The van der Waals surface area contributed by atoms with Crippen LogP contribution in [0.2, 0.25) is 0 Å². The number of hydrogen-bond acceptors (Lipinski definition) is 3. The molecule has 0 radical (unpaired) electrons. The third-order valence-corrected chi connectivity index (χ3v) is 5.90. The van der Waals surface area contributed by atoms with Crippen LogP contribution in [0.5, 0.6) is 0 Å². The van der Waals surface area contributed by atoms with Gasteiger partial charge in [0.05, 0.1) is 0 Å². The van der Waals surface area contributed by atoms with Crippen LogP contribution in [-0.4, -0.2) is 75.2 Å². The molecule has 26 heavy (non-hydrogen) atoms. The van der Waals surface area contributed by atoms with Crippen molar-refractivity contribution in [1.29, 1.82) is 0 Å². The lowest BCUT2D eigenvalue weighted by atomic mass is 9.93. The van der Waals surface area contributed by atoms with Gasteiger partial charge in [0.2, 0.25) is 0 Å². The van der Waals surface area contributed by atoms with Crippen molar-refractivity contribution in [3.63, 3.8) is 0 Å². The standard InChI is InChI=1S/C21H35N5/c1-3-24-13-10-19(11-14-24)9-12-23-21(22-2)26-17-15-25(16-18-26)20-7-5-4-6-8-20/h4-8,19H,3,9-18H2,1-2H3,(H,22,23). The predicted molar refractivity (Wildman–Crippen MR) is 111 cm³/mol. The fraction of sp³-hybridized carbons (Fsp3) is 0.667. The van der Waals surface area contributed by atoms with Crippen molar-refractivity contribution >= 4 is 11.6 Å². The first-order valence-corrected chi connectivity index (χ1v) is 10.3. The Hall–Kier alpha value is -1.75. The third-order valence-electron chi connectivity index (χ3n) is 5.90. The molecule has 1 aromatic carbocycles. The van der Waals surface area contributed by atoms with Crippen LogP contribution in [0.25, 0.3) is 0 Å². The molecule has 0 aromatic heterocycles. The fourth-order valence-corrected chi connectivity index (χ4v) is 4.13. The summed E-state index contributed by atoms with van der Waals surface area (Å²) in [5.41, 5.74) is 1.33. The molecule has 3 rings (SSSR count). The van der Waals surface area contributed by atoms with Crippen LogP contribution < -0.4 is 10.2 Å². The van der Waals surface area contributed by atoms with Gasteiger partial charge in [-0.25, -0.2) is 0 Å². The summed E-state index contributed by atoms with van der Waals surface area (Å²) < 4.78 is 0.